The summed E-state index contributed by atoms with van der Waals surface area (Å²) in [5.41, 5.74) is -3.45. The van der Waals surface area contributed by atoms with E-state index in [2.05, 4.69) is 15.0 Å². The fourth-order valence-corrected chi connectivity index (χ4v) is 4.42. The third-order valence-corrected chi connectivity index (χ3v) is 6.16. The van der Waals surface area contributed by atoms with Crippen LogP contribution in [0.4, 0.5) is 26.3 Å². The van der Waals surface area contributed by atoms with Crippen LogP contribution in [0.1, 0.15) is 33.5 Å². The SMILES string of the molecule is N#C/N=C1\c2ccccc2-c2nc(-c3ccc(C#N)c(C(F)(F)F)c3)c(-c3ccc(C#N)c(C(F)(F)F)c3)nc21. The van der Waals surface area contributed by atoms with E-state index in [0.717, 1.165) is 12.1 Å². The van der Waals surface area contributed by atoms with Gasteiger partial charge in [-0.1, -0.05) is 36.4 Å². The van der Waals surface area contributed by atoms with Crippen LogP contribution in [0, 0.1) is 34.1 Å². The third kappa shape index (κ3) is 4.30. The van der Waals surface area contributed by atoms with Crippen LogP contribution < -0.4 is 0 Å². The standard InChI is InChI=1S/C28H10F6N6/c29-27(30,31)20-9-14(5-7-16(20)11-35)22-23(15-6-8-17(12-36)21(10-15)28(32,33)34)40-26-24(38-13-37)18-3-1-2-4-19(18)25(26)39-22/h1-10H/b38-24+. The van der Waals surface area contributed by atoms with Crippen LogP contribution in [0.2, 0.25) is 0 Å². The maximum absolute atomic E-state index is 13.8. The summed E-state index contributed by atoms with van der Waals surface area (Å²) in [5.74, 6) is 0. The summed E-state index contributed by atoms with van der Waals surface area (Å²) in [6, 6.07) is 15.1. The molecule has 0 bridgehead atoms. The Morgan fingerprint density at radius 3 is 1.52 bits per heavy atom. The van der Waals surface area contributed by atoms with E-state index in [4.69, 9.17) is 0 Å². The van der Waals surface area contributed by atoms with Crippen molar-refractivity contribution < 1.29 is 26.3 Å². The number of nitriles is 3. The average molecular weight is 544 g/mol. The zero-order valence-corrected chi connectivity index (χ0v) is 19.7. The molecule has 5 rings (SSSR count). The summed E-state index contributed by atoms with van der Waals surface area (Å²) in [7, 11) is 0. The van der Waals surface area contributed by atoms with Crippen LogP contribution in [0.25, 0.3) is 33.8 Å². The highest BCUT2D eigenvalue weighted by Crippen LogP contribution is 2.42. The second kappa shape index (κ2) is 9.33. The van der Waals surface area contributed by atoms with Crippen molar-refractivity contribution in [3.8, 4) is 52.1 Å². The number of nitrogens with zero attached hydrogens (tertiary/aromatic N) is 6. The predicted molar refractivity (Wildman–Crippen MR) is 129 cm³/mol. The predicted octanol–water partition coefficient (Wildman–Crippen LogP) is 6.89. The van der Waals surface area contributed by atoms with E-state index in [1.165, 1.54) is 24.3 Å². The van der Waals surface area contributed by atoms with Crippen LogP contribution >= 0.6 is 0 Å². The molecule has 0 aliphatic heterocycles. The lowest BCUT2D eigenvalue weighted by Gasteiger charge is -2.16. The van der Waals surface area contributed by atoms with Gasteiger partial charge in [-0.15, -0.1) is 0 Å². The molecule has 6 nitrogen and oxygen atoms in total. The van der Waals surface area contributed by atoms with Gasteiger partial charge in [0.15, 0.2) is 0 Å². The average Bonchev–Trinajstić information content (AvgIpc) is 3.23. The molecule has 1 aliphatic rings. The van der Waals surface area contributed by atoms with E-state index >= 15 is 0 Å². The maximum atomic E-state index is 13.8. The monoisotopic (exact) mass is 544 g/mol. The van der Waals surface area contributed by atoms with Crippen LogP contribution in [-0.4, -0.2) is 15.7 Å². The number of benzene rings is 3. The lowest BCUT2D eigenvalue weighted by atomic mass is 9.96. The van der Waals surface area contributed by atoms with Gasteiger partial charge < -0.3 is 0 Å². The van der Waals surface area contributed by atoms with Crippen molar-refractivity contribution in [1.82, 2.24) is 9.97 Å². The zero-order valence-electron chi connectivity index (χ0n) is 19.7. The number of aromatic nitrogens is 2. The molecule has 0 saturated heterocycles. The number of rotatable bonds is 2. The minimum absolute atomic E-state index is 0.0455. The lowest BCUT2D eigenvalue weighted by molar-refractivity contribution is -0.138. The number of hydrogen-bond donors (Lipinski definition) is 0. The van der Waals surface area contributed by atoms with Gasteiger partial charge in [0.05, 0.1) is 51.5 Å². The van der Waals surface area contributed by atoms with Crippen LogP contribution in [-0.2, 0) is 12.4 Å². The van der Waals surface area contributed by atoms with Crippen LogP contribution in [0.5, 0.6) is 0 Å². The molecule has 0 unspecified atom stereocenters. The molecule has 1 heterocycles. The Bertz CT molecular complexity index is 1870. The molecule has 0 amide bonds. The largest absolute Gasteiger partial charge is 0.417 e. The van der Waals surface area contributed by atoms with Gasteiger partial charge in [0.1, 0.15) is 11.4 Å². The summed E-state index contributed by atoms with van der Waals surface area (Å²) in [5, 5.41) is 27.7. The normalized spacial score (nSPS) is 13.2. The summed E-state index contributed by atoms with van der Waals surface area (Å²) in [4.78, 5) is 12.8. The fourth-order valence-electron chi connectivity index (χ4n) is 4.42. The topological polar surface area (TPSA) is 110 Å². The molecule has 0 saturated carbocycles. The minimum atomic E-state index is -4.92. The number of fused-ring (bicyclic) bond motifs is 3. The van der Waals surface area contributed by atoms with Gasteiger partial charge in [-0.3, -0.25) is 0 Å². The summed E-state index contributed by atoms with van der Waals surface area (Å²) < 4.78 is 82.7. The molecule has 194 valence electrons. The second-order valence-electron chi connectivity index (χ2n) is 8.46. The Kier molecular flexibility index (Phi) is 6.09. The van der Waals surface area contributed by atoms with Crippen molar-refractivity contribution >= 4 is 5.71 Å². The van der Waals surface area contributed by atoms with Crippen molar-refractivity contribution in [2.75, 3.05) is 0 Å². The first-order valence-corrected chi connectivity index (χ1v) is 11.2. The van der Waals surface area contributed by atoms with E-state index in [0.29, 0.717) is 23.3 Å². The number of alkyl halides is 6. The molecule has 0 N–H and O–H groups in total. The van der Waals surface area contributed by atoms with Crippen molar-refractivity contribution in [3.05, 3.63) is 94.2 Å². The van der Waals surface area contributed by atoms with Crippen molar-refractivity contribution in [2.45, 2.75) is 12.4 Å². The molecule has 12 heteroatoms. The van der Waals surface area contributed by atoms with Crippen LogP contribution in [0.15, 0.2) is 65.7 Å². The van der Waals surface area contributed by atoms with E-state index in [9.17, 15) is 42.1 Å². The maximum Gasteiger partial charge on any atom is 0.417 e. The molecule has 4 aromatic rings. The second-order valence-corrected chi connectivity index (χ2v) is 8.46. The molecule has 0 fully saturated rings. The van der Waals surface area contributed by atoms with Gasteiger partial charge in [-0.05, 0) is 24.3 Å². The van der Waals surface area contributed by atoms with Crippen molar-refractivity contribution in [3.63, 3.8) is 0 Å². The molecule has 0 atom stereocenters. The smallest absolute Gasteiger partial charge is 0.243 e. The van der Waals surface area contributed by atoms with Crippen molar-refractivity contribution in [2.24, 2.45) is 4.99 Å². The van der Waals surface area contributed by atoms with Crippen LogP contribution in [0.3, 0.4) is 0 Å². The fraction of sp³-hybridized carbons (Fsp3) is 0.0714. The number of hydrogen-bond acceptors (Lipinski definition) is 6. The first kappa shape index (κ1) is 26.1. The van der Waals surface area contributed by atoms with Crippen molar-refractivity contribution in [1.29, 1.82) is 15.8 Å². The molecular formula is C28H10F6N6. The van der Waals surface area contributed by atoms with E-state index in [-0.39, 0.29) is 39.6 Å². The zero-order chi connectivity index (χ0) is 28.8. The highest BCUT2D eigenvalue weighted by atomic mass is 19.4. The third-order valence-electron chi connectivity index (χ3n) is 6.16. The number of halogens is 6. The number of aliphatic imine (C=N–C) groups is 1. The highest BCUT2D eigenvalue weighted by Gasteiger charge is 2.37. The Balaban J connectivity index is 1.88. The molecule has 3 aromatic carbocycles. The van der Waals surface area contributed by atoms with Gasteiger partial charge in [0.25, 0.3) is 0 Å². The van der Waals surface area contributed by atoms with Gasteiger partial charge >= 0.3 is 12.4 Å². The molecule has 1 aromatic heterocycles. The molecule has 0 radical (unpaired) electrons. The molecule has 0 spiro atoms. The Morgan fingerprint density at radius 2 is 1.07 bits per heavy atom. The summed E-state index contributed by atoms with van der Waals surface area (Å²) in [6.07, 6.45) is -8.18. The Hall–Kier alpha value is -5.54. The Morgan fingerprint density at radius 1 is 0.600 bits per heavy atom. The Labute approximate surface area is 221 Å². The van der Waals surface area contributed by atoms with E-state index in [1.807, 2.05) is 0 Å². The highest BCUT2D eigenvalue weighted by molar-refractivity contribution is 6.23. The lowest BCUT2D eigenvalue weighted by Crippen LogP contribution is -2.10. The molecule has 1 aliphatic carbocycles. The minimum Gasteiger partial charge on any atom is -0.243 e. The first-order chi connectivity index (χ1) is 19.0. The first-order valence-electron chi connectivity index (χ1n) is 11.2. The van der Waals surface area contributed by atoms with E-state index in [1.54, 1.807) is 30.5 Å². The van der Waals surface area contributed by atoms with Gasteiger partial charge in [-0.25, -0.2) is 9.97 Å². The quantitative estimate of drug-likeness (QED) is 0.178. The molecule has 40 heavy (non-hydrogen) atoms. The summed E-state index contributed by atoms with van der Waals surface area (Å²) in [6.45, 7) is 0. The summed E-state index contributed by atoms with van der Waals surface area (Å²) >= 11 is 0. The van der Waals surface area contributed by atoms with Gasteiger partial charge in [-0.2, -0.15) is 47.1 Å². The van der Waals surface area contributed by atoms with E-state index < -0.39 is 34.6 Å². The van der Waals surface area contributed by atoms with Gasteiger partial charge in [0.2, 0.25) is 6.19 Å². The molecular weight excluding hydrogens is 534 g/mol. The van der Waals surface area contributed by atoms with Gasteiger partial charge in [0, 0.05) is 22.3 Å².